The van der Waals surface area contributed by atoms with Crippen LogP contribution in [0.5, 0.6) is 0 Å². The predicted molar refractivity (Wildman–Crippen MR) is 149 cm³/mol. The highest BCUT2D eigenvalue weighted by molar-refractivity contribution is 5.78. The van der Waals surface area contributed by atoms with Gasteiger partial charge in [-0.3, -0.25) is 9.59 Å². The van der Waals surface area contributed by atoms with E-state index in [0.29, 0.717) is 37.0 Å². The van der Waals surface area contributed by atoms with Gasteiger partial charge >= 0.3 is 11.9 Å². The molecule has 220 valence electrons. The summed E-state index contributed by atoms with van der Waals surface area (Å²) in [5, 5.41) is 23.5. The maximum atomic E-state index is 13.4. The number of allylic oxidation sites excluding steroid dienone is 1. The molecule has 0 unspecified atom stereocenters. The molecule has 5 fully saturated rings. The van der Waals surface area contributed by atoms with Gasteiger partial charge in [0.2, 0.25) is 0 Å². The fraction of sp³-hybridized carbons (Fsp3) is 0.879. The highest BCUT2D eigenvalue weighted by atomic mass is 16.5. The number of aliphatic hydroxyl groups is 2. The molecular formula is C33H52O6. The average Bonchev–Trinajstić information content (AvgIpc) is 3.19. The van der Waals surface area contributed by atoms with E-state index >= 15 is 0 Å². The third-order valence-corrected chi connectivity index (χ3v) is 14.0. The largest absolute Gasteiger partial charge is 0.469 e. The summed E-state index contributed by atoms with van der Waals surface area (Å²) in [6.07, 6.45) is 5.01. The monoisotopic (exact) mass is 544 g/mol. The van der Waals surface area contributed by atoms with Gasteiger partial charge in [0.05, 0.1) is 24.7 Å². The minimum absolute atomic E-state index is 0.0593. The molecule has 6 nitrogen and oxygen atoms in total. The molecule has 5 aliphatic rings. The van der Waals surface area contributed by atoms with Crippen LogP contribution in [0.2, 0.25) is 0 Å². The van der Waals surface area contributed by atoms with Crippen molar-refractivity contribution in [1.82, 2.24) is 0 Å². The van der Waals surface area contributed by atoms with Gasteiger partial charge in [-0.15, -0.1) is 0 Å². The van der Waals surface area contributed by atoms with Crippen molar-refractivity contribution in [3.63, 3.8) is 0 Å². The smallest absolute Gasteiger partial charge is 0.314 e. The van der Waals surface area contributed by atoms with E-state index in [0.717, 1.165) is 25.7 Å². The Labute approximate surface area is 235 Å². The average molecular weight is 545 g/mol. The second-order valence-electron chi connectivity index (χ2n) is 15.5. The number of rotatable bonds is 3. The molecule has 0 saturated heterocycles. The van der Waals surface area contributed by atoms with E-state index in [9.17, 15) is 19.8 Å². The molecule has 0 aromatic carbocycles. The zero-order chi connectivity index (χ0) is 28.9. The molecule has 5 aliphatic carbocycles. The Morgan fingerprint density at radius 2 is 1.51 bits per heavy atom. The number of hydrogen-bond acceptors (Lipinski definition) is 6. The maximum absolute atomic E-state index is 13.4. The first kappa shape index (κ1) is 29.1. The van der Waals surface area contributed by atoms with Crippen molar-refractivity contribution in [3.05, 3.63) is 12.2 Å². The van der Waals surface area contributed by atoms with Crippen molar-refractivity contribution in [1.29, 1.82) is 0 Å². The molecule has 2 N–H and O–H groups in total. The Morgan fingerprint density at radius 1 is 0.872 bits per heavy atom. The van der Waals surface area contributed by atoms with Crippen LogP contribution in [0.15, 0.2) is 12.2 Å². The summed E-state index contributed by atoms with van der Waals surface area (Å²) >= 11 is 0. The van der Waals surface area contributed by atoms with Gasteiger partial charge in [-0.2, -0.15) is 0 Å². The van der Waals surface area contributed by atoms with E-state index in [4.69, 9.17) is 9.47 Å². The molecule has 0 heterocycles. The first-order valence-corrected chi connectivity index (χ1v) is 15.3. The summed E-state index contributed by atoms with van der Waals surface area (Å²) in [5.74, 6) is 0.108. The van der Waals surface area contributed by atoms with Gasteiger partial charge in [-0.05, 0) is 111 Å². The number of aliphatic hydroxyl groups excluding tert-OH is 2. The quantitative estimate of drug-likeness (QED) is 0.350. The fourth-order valence-corrected chi connectivity index (χ4v) is 12.4. The molecule has 0 aromatic heterocycles. The maximum Gasteiger partial charge on any atom is 0.314 e. The minimum atomic E-state index is -1.23. The lowest BCUT2D eigenvalue weighted by Gasteiger charge is -2.74. The highest BCUT2D eigenvalue weighted by Gasteiger charge is 2.76. The van der Waals surface area contributed by atoms with Crippen LogP contribution < -0.4 is 0 Å². The van der Waals surface area contributed by atoms with Crippen LogP contribution in [0, 0.1) is 56.7 Å². The normalized spacial score (nSPS) is 54.4. The van der Waals surface area contributed by atoms with Crippen molar-refractivity contribution < 1.29 is 29.3 Å². The van der Waals surface area contributed by atoms with E-state index in [1.165, 1.54) is 26.0 Å². The minimum Gasteiger partial charge on any atom is -0.469 e. The number of esters is 2. The van der Waals surface area contributed by atoms with Crippen LogP contribution >= 0.6 is 0 Å². The molecule has 5 rings (SSSR count). The Bertz CT molecular complexity index is 1050. The zero-order valence-electron chi connectivity index (χ0n) is 25.5. The molecular weight excluding hydrogens is 492 g/mol. The first-order chi connectivity index (χ1) is 18.0. The van der Waals surface area contributed by atoms with E-state index in [-0.39, 0.29) is 28.1 Å². The molecule has 0 bridgehead atoms. The highest BCUT2D eigenvalue weighted by Crippen LogP contribution is 2.78. The summed E-state index contributed by atoms with van der Waals surface area (Å²) in [6.45, 7) is 19.2. The van der Waals surface area contributed by atoms with E-state index < -0.39 is 41.0 Å². The Balaban J connectivity index is 1.65. The lowest BCUT2D eigenvalue weighted by molar-refractivity contribution is -0.304. The second-order valence-corrected chi connectivity index (χ2v) is 15.5. The van der Waals surface area contributed by atoms with Crippen LogP contribution in [-0.2, 0) is 19.1 Å². The summed E-state index contributed by atoms with van der Waals surface area (Å²) in [5.41, 5.74) is -0.700. The second kappa shape index (κ2) is 9.05. The van der Waals surface area contributed by atoms with Crippen LogP contribution in [0.1, 0.15) is 99.8 Å². The molecule has 0 radical (unpaired) electrons. The van der Waals surface area contributed by atoms with Gasteiger partial charge in [0, 0.05) is 12.8 Å². The van der Waals surface area contributed by atoms with Crippen molar-refractivity contribution in [2.75, 3.05) is 7.11 Å². The summed E-state index contributed by atoms with van der Waals surface area (Å²) in [4.78, 5) is 26.0. The topological polar surface area (TPSA) is 93.1 Å². The summed E-state index contributed by atoms with van der Waals surface area (Å²) in [6, 6.07) is 0. The van der Waals surface area contributed by atoms with Gasteiger partial charge < -0.3 is 19.7 Å². The van der Waals surface area contributed by atoms with Gasteiger partial charge in [-0.25, -0.2) is 0 Å². The number of fused-ring (bicyclic) bond motifs is 7. The molecule has 6 heteroatoms. The van der Waals surface area contributed by atoms with E-state index in [2.05, 4.69) is 41.2 Å². The fourth-order valence-electron chi connectivity index (χ4n) is 12.4. The number of ether oxygens (including phenoxy) is 2. The molecule has 39 heavy (non-hydrogen) atoms. The van der Waals surface area contributed by atoms with Crippen LogP contribution in [-0.4, -0.2) is 47.6 Å². The van der Waals surface area contributed by atoms with Crippen LogP contribution in [0.25, 0.3) is 0 Å². The first-order valence-electron chi connectivity index (χ1n) is 15.3. The summed E-state index contributed by atoms with van der Waals surface area (Å²) < 4.78 is 11.4. The molecule has 13 atom stereocenters. The third kappa shape index (κ3) is 3.58. The Kier molecular flexibility index (Phi) is 6.75. The SMILES string of the molecule is C=C(C)[C@@H]1CC[C@]2(C)[C@H]3C[C@H](O)[C@@H]4[C@@]5(C)CC[C@H](O)[C@](C)(C(=O)OC)[C@@H]5[C@H](OC(C)=O)C[C@@]4(C)[C@]3(C)CC[C@@H]12. The van der Waals surface area contributed by atoms with Gasteiger partial charge in [0.15, 0.2) is 0 Å². The summed E-state index contributed by atoms with van der Waals surface area (Å²) in [7, 11) is 1.36. The van der Waals surface area contributed by atoms with E-state index in [1.807, 2.05) is 0 Å². The van der Waals surface area contributed by atoms with Crippen molar-refractivity contribution in [2.24, 2.45) is 56.7 Å². The van der Waals surface area contributed by atoms with Gasteiger partial charge in [0.25, 0.3) is 0 Å². The number of methoxy groups -OCH3 is 1. The van der Waals surface area contributed by atoms with Crippen molar-refractivity contribution in [2.45, 2.75) is 118 Å². The lowest BCUT2D eigenvalue weighted by Crippen LogP contribution is -2.74. The number of carbonyl (C=O) groups is 2. The lowest BCUT2D eigenvalue weighted by atomic mass is 9.30. The standard InChI is InChI=1S/C33H52O6/c1-18(2)20-10-13-29(4)21(20)11-15-31(6)24(29)16-22(35)26-30(5)14-12-25(36)33(8,28(37)38-9)27(30)23(39-19(3)34)17-32(26,31)7/h20-27,35-36H,1,10-17H2,2-9H3/t20-,21-,22-,23+,24+,25-,26+,27+,29-,30+,31+,32+,33-/m0/s1. The van der Waals surface area contributed by atoms with E-state index in [1.54, 1.807) is 6.92 Å². The van der Waals surface area contributed by atoms with Crippen molar-refractivity contribution in [3.8, 4) is 0 Å². The van der Waals surface area contributed by atoms with Crippen LogP contribution in [0.3, 0.4) is 0 Å². The van der Waals surface area contributed by atoms with Crippen molar-refractivity contribution >= 4 is 11.9 Å². The molecule has 0 amide bonds. The molecule has 0 aliphatic heterocycles. The molecule has 5 saturated carbocycles. The number of carbonyl (C=O) groups excluding carboxylic acids is 2. The Morgan fingerprint density at radius 3 is 2.10 bits per heavy atom. The Hall–Kier alpha value is -1.40. The zero-order valence-corrected chi connectivity index (χ0v) is 25.5. The van der Waals surface area contributed by atoms with Gasteiger partial charge in [-0.1, -0.05) is 39.8 Å². The third-order valence-electron chi connectivity index (χ3n) is 14.0. The predicted octanol–water partition coefficient (Wildman–Crippen LogP) is 5.69. The number of hydrogen-bond donors (Lipinski definition) is 2. The molecule has 0 aromatic rings. The van der Waals surface area contributed by atoms with Gasteiger partial charge in [0.1, 0.15) is 6.10 Å². The molecule has 0 spiro atoms. The van der Waals surface area contributed by atoms with Crippen LogP contribution in [0.4, 0.5) is 0 Å².